The van der Waals surface area contributed by atoms with Crippen LogP contribution in [0.3, 0.4) is 0 Å². The molecule has 0 aliphatic carbocycles. The van der Waals surface area contributed by atoms with Crippen LogP contribution >= 0.6 is 15.9 Å². The lowest BCUT2D eigenvalue weighted by Gasteiger charge is -2.10. The predicted molar refractivity (Wildman–Crippen MR) is 142 cm³/mol. The van der Waals surface area contributed by atoms with Gasteiger partial charge >= 0.3 is 5.97 Å². The third kappa shape index (κ3) is 8.46. The number of hydrazone groups is 1. The number of nitrogens with one attached hydrogen (secondary N) is 2. The van der Waals surface area contributed by atoms with E-state index in [0.29, 0.717) is 34.8 Å². The molecule has 3 rings (SSSR count). The molecule has 0 radical (unpaired) electrons. The number of hydrogen-bond acceptors (Lipinski definition) is 7. The average Bonchev–Trinajstić information content (AvgIpc) is 2.91. The van der Waals surface area contributed by atoms with Crippen LogP contribution < -0.4 is 25.0 Å². The summed E-state index contributed by atoms with van der Waals surface area (Å²) in [6.07, 6.45) is 2.29. The Bertz CT molecular complexity index is 1280. The molecule has 9 nitrogen and oxygen atoms in total. The third-order valence-corrected chi connectivity index (χ3v) is 5.35. The number of rotatable bonds is 11. The van der Waals surface area contributed by atoms with Crippen LogP contribution in [0, 0.1) is 0 Å². The van der Waals surface area contributed by atoms with E-state index < -0.39 is 11.9 Å². The Balaban J connectivity index is 1.53. The Kier molecular flexibility index (Phi) is 10.2. The van der Waals surface area contributed by atoms with E-state index in [0.717, 1.165) is 10.9 Å². The van der Waals surface area contributed by atoms with Crippen molar-refractivity contribution in [3.05, 3.63) is 87.9 Å². The fourth-order valence-electron chi connectivity index (χ4n) is 3.03. The van der Waals surface area contributed by atoms with E-state index in [1.807, 2.05) is 6.92 Å². The molecule has 3 aromatic carbocycles. The van der Waals surface area contributed by atoms with Crippen molar-refractivity contribution in [3.8, 4) is 17.2 Å². The number of carbonyl (C=O) groups excluding carboxylic acids is 3. The highest BCUT2D eigenvalue weighted by molar-refractivity contribution is 9.10. The van der Waals surface area contributed by atoms with Gasteiger partial charge in [-0.1, -0.05) is 28.9 Å². The molecule has 2 amide bonds. The lowest BCUT2D eigenvalue weighted by atomic mass is 10.2. The fourth-order valence-corrected chi connectivity index (χ4v) is 3.42. The molecule has 0 heterocycles. The van der Waals surface area contributed by atoms with Crippen molar-refractivity contribution < 1.29 is 28.6 Å². The number of carbonyl (C=O) groups is 3. The summed E-state index contributed by atoms with van der Waals surface area (Å²) in [6.45, 7) is 2.37. The van der Waals surface area contributed by atoms with E-state index in [9.17, 15) is 14.4 Å². The highest BCUT2D eigenvalue weighted by Gasteiger charge is 2.13. The zero-order valence-electron chi connectivity index (χ0n) is 20.3. The molecule has 2 N–H and O–H groups in total. The molecule has 0 atom stereocenters. The van der Waals surface area contributed by atoms with Gasteiger partial charge in [-0.05, 0) is 72.6 Å². The highest BCUT2D eigenvalue weighted by Crippen LogP contribution is 2.28. The summed E-state index contributed by atoms with van der Waals surface area (Å²) < 4.78 is 17.1. The number of nitrogens with zero attached hydrogens (tertiary/aromatic N) is 1. The monoisotopic (exact) mass is 567 g/mol. The summed E-state index contributed by atoms with van der Waals surface area (Å²) in [6, 6.07) is 18.3. The Hall–Kier alpha value is -4.18. The van der Waals surface area contributed by atoms with Crippen LogP contribution in [0.25, 0.3) is 0 Å². The van der Waals surface area contributed by atoms with Gasteiger partial charge in [0, 0.05) is 10.0 Å². The number of hydrogen-bond donors (Lipinski definition) is 2. The second-order valence-corrected chi connectivity index (χ2v) is 8.57. The van der Waals surface area contributed by atoms with Gasteiger partial charge in [0.1, 0.15) is 5.75 Å². The number of esters is 1. The molecular formula is C27H26BrN3O6. The van der Waals surface area contributed by atoms with Crippen molar-refractivity contribution >= 4 is 39.9 Å². The zero-order valence-corrected chi connectivity index (χ0v) is 21.9. The first-order valence-electron chi connectivity index (χ1n) is 11.4. The number of ether oxygens (including phenoxy) is 3. The van der Waals surface area contributed by atoms with E-state index in [-0.39, 0.29) is 18.2 Å². The van der Waals surface area contributed by atoms with Gasteiger partial charge < -0.3 is 19.5 Å². The first-order chi connectivity index (χ1) is 17.9. The molecule has 192 valence electrons. The van der Waals surface area contributed by atoms with Crippen molar-refractivity contribution in [2.45, 2.75) is 13.3 Å². The molecular weight excluding hydrogens is 542 g/mol. The molecule has 0 saturated heterocycles. The number of amides is 2. The summed E-state index contributed by atoms with van der Waals surface area (Å²) in [4.78, 5) is 36.6. The summed E-state index contributed by atoms with van der Waals surface area (Å²) in [5, 5.41) is 6.41. The first-order valence-corrected chi connectivity index (χ1v) is 12.2. The van der Waals surface area contributed by atoms with Crippen molar-refractivity contribution in [1.82, 2.24) is 10.7 Å². The standard InChI is InChI=1S/C27H26BrN3O6/c1-3-13-36-22-10-8-19(9-11-22)27(34)37-23-12-7-18(14-24(23)35-2)16-30-31-25(32)17-29-26(33)20-5-4-6-21(28)15-20/h4-12,14-16H,3,13,17H2,1-2H3,(H,29,33)(H,31,32)/b30-16+. The maximum Gasteiger partial charge on any atom is 0.343 e. The molecule has 0 bridgehead atoms. The molecule has 3 aromatic rings. The maximum absolute atomic E-state index is 12.5. The molecule has 10 heteroatoms. The van der Waals surface area contributed by atoms with Crippen LogP contribution in [-0.2, 0) is 4.79 Å². The Morgan fingerprint density at radius 1 is 0.973 bits per heavy atom. The van der Waals surface area contributed by atoms with Gasteiger partial charge in [-0.25, -0.2) is 10.2 Å². The summed E-state index contributed by atoms with van der Waals surface area (Å²) >= 11 is 3.30. The summed E-state index contributed by atoms with van der Waals surface area (Å²) in [5.41, 5.74) is 3.73. The van der Waals surface area contributed by atoms with Gasteiger partial charge in [0.15, 0.2) is 11.5 Å². The predicted octanol–water partition coefficient (Wildman–Crippen LogP) is 4.35. The molecule has 0 aromatic heterocycles. The minimum atomic E-state index is -0.543. The average molecular weight is 568 g/mol. The fraction of sp³-hybridized carbons (Fsp3) is 0.185. The smallest absolute Gasteiger partial charge is 0.343 e. The van der Waals surface area contributed by atoms with Crippen LogP contribution in [0.4, 0.5) is 0 Å². The molecule has 0 aliphatic heterocycles. The minimum absolute atomic E-state index is 0.232. The second-order valence-electron chi connectivity index (χ2n) is 7.66. The van der Waals surface area contributed by atoms with Gasteiger partial charge in [-0.3, -0.25) is 9.59 Å². The molecule has 0 fully saturated rings. The lowest BCUT2D eigenvalue weighted by molar-refractivity contribution is -0.120. The van der Waals surface area contributed by atoms with Crippen LogP contribution in [0.15, 0.2) is 76.3 Å². The number of benzene rings is 3. The van der Waals surface area contributed by atoms with E-state index >= 15 is 0 Å². The van der Waals surface area contributed by atoms with Gasteiger partial charge in [0.05, 0.1) is 32.0 Å². The van der Waals surface area contributed by atoms with Crippen LogP contribution in [0.1, 0.15) is 39.6 Å². The van der Waals surface area contributed by atoms with Gasteiger partial charge in [0.2, 0.25) is 0 Å². The summed E-state index contributed by atoms with van der Waals surface area (Å²) in [5.74, 6) is -0.195. The van der Waals surface area contributed by atoms with E-state index in [1.54, 1.807) is 66.7 Å². The van der Waals surface area contributed by atoms with Crippen molar-refractivity contribution in [2.24, 2.45) is 5.10 Å². The third-order valence-electron chi connectivity index (χ3n) is 4.85. The van der Waals surface area contributed by atoms with Crippen molar-refractivity contribution in [3.63, 3.8) is 0 Å². The van der Waals surface area contributed by atoms with Crippen molar-refractivity contribution in [2.75, 3.05) is 20.3 Å². The van der Waals surface area contributed by atoms with Crippen LogP contribution in [-0.4, -0.2) is 44.3 Å². The van der Waals surface area contributed by atoms with Crippen molar-refractivity contribution in [1.29, 1.82) is 0 Å². The molecule has 37 heavy (non-hydrogen) atoms. The number of methoxy groups -OCH3 is 1. The molecule has 0 aliphatic rings. The molecule has 0 unspecified atom stereocenters. The molecule has 0 saturated carbocycles. The maximum atomic E-state index is 12.5. The van der Waals surface area contributed by atoms with Crippen LogP contribution in [0.2, 0.25) is 0 Å². The topological polar surface area (TPSA) is 115 Å². The number of halogens is 1. The molecule has 0 spiro atoms. The minimum Gasteiger partial charge on any atom is -0.494 e. The SMILES string of the molecule is CCCOc1ccc(C(=O)Oc2ccc(/C=N/NC(=O)CNC(=O)c3cccc(Br)c3)cc2OC)cc1. The normalized spacial score (nSPS) is 10.6. The van der Waals surface area contributed by atoms with E-state index in [4.69, 9.17) is 14.2 Å². The largest absolute Gasteiger partial charge is 0.494 e. The zero-order chi connectivity index (χ0) is 26.6. The first kappa shape index (κ1) is 27.4. The van der Waals surface area contributed by atoms with Gasteiger partial charge in [0.25, 0.3) is 11.8 Å². The Labute approximate surface area is 222 Å². The van der Waals surface area contributed by atoms with Gasteiger partial charge in [-0.15, -0.1) is 0 Å². The lowest BCUT2D eigenvalue weighted by Crippen LogP contribution is -2.34. The Morgan fingerprint density at radius 2 is 1.76 bits per heavy atom. The van der Waals surface area contributed by atoms with Gasteiger partial charge in [-0.2, -0.15) is 5.10 Å². The van der Waals surface area contributed by atoms with E-state index in [2.05, 4.69) is 31.8 Å². The van der Waals surface area contributed by atoms with E-state index in [1.165, 1.54) is 13.3 Å². The Morgan fingerprint density at radius 3 is 2.46 bits per heavy atom. The second kappa shape index (κ2) is 13.8. The quantitative estimate of drug-likeness (QED) is 0.154. The highest BCUT2D eigenvalue weighted by atomic mass is 79.9. The summed E-state index contributed by atoms with van der Waals surface area (Å²) in [7, 11) is 1.45. The van der Waals surface area contributed by atoms with Crippen LogP contribution in [0.5, 0.6) is 17.2 Å².